The Morgan fingerprint density at radius 3 is 3.05 bits per heavy atom. The van der Waals surface area contributed by atoms with Crippen LogP contribution in [0.2, 0.25) is 0 Å². The topological polar surface area (TPSA) is 96.7 Å². The summed E-state index contributed by atoms with van der Waals surface area (Å²) >= 11 is 0. The molecule has 1 aromatic heterocycles. The molecular weight excluding hydrogens is 242 g/mol. The monoisotopic (exact) mass is 257 g/mol. The highest BCUT2D eigenvalue weighted by atomic mass is 16.2. The summed E-state index contributed by atoms with van der Waals surface area (Å²) in [5, 5.41) is 9.52. The molecule has 19 heavy (non-hydrogen) atoms. The van der Waals surface area contributed by atoms with Crippen LogP contribution in [0.25, 0.3) is 0 Å². The second-order valence-corrected chi connectivity index (χ2v) is 4.68. The quantitative estimate of drug-likeness (QED) is 0.771. The molecule has 0 spiro atoms. The van der Waals surface area contributed by atoms with Crippen LogP contribution in [0.15, 0.2) is 24.3 Å². The highest BCUT2D eigenvalue weighted by Gasteiger charge is 2.28. The van der Waals surface area contributed by atoms with E-state index in [-0.39, 0.29) is 11.7 Å². The van der Waals surface area contributed by atoms with E-state index in [2.05, 4.69) is 20.5 Å². The number of amides is 1. The van der Waals surface area contributed by atoms with Gasteiger partial charge in [-0.25, -0.2) is 4.98 Å². The van der Waals surface area contributed by atoms with Crippen molar-refractivity contribution in [3.8, 4) is 0 Å². The molecule has 1 aromatic carbocycles. The molecule has 6 nitrogen and oxygen atoms in total. The van der Waals surface area contributed by atoms with Gasteiger partial charge in [0.2, 0.25) is 5.82 Å². The van der Waals surface area contributed by atoms with Crippen molar-refractivity contribution in [3.63, 3.8) is 0 Å². The number of hydrogen-bond donors (Lipinski definition) is 3. The number of H-pyrrole nitrogens is 1. The van der Waals surface area contributed by atoms with Crippen LogP contribution in [-0.2, 0) is 6.54 Å². The second-order valence-electron chi connectivity index (χ2n) is 4.68. The van der Waals surface area contributed by atoms with Gasteiger partial charge in [-0.05, 0) is 30.5 Å². The Morgan fingerprint density at radius 2 is 2.32 bits per heavy atom. The Labute approximate surface area is 110 Å². The van der Waals surface area contributed by atoms with E-state index in [4.69, 9.17) is 5.73 Å². The molecule has 0 bridgehead atoms. The van der Waals surface area contributed by atoms with Crippen LogP contribution in [0.5, 0.6) is 0 Å². The number of anilines is 1. The number of nitrogens with zero attached hydrogens (tertiary/aromatic N) is 2. The standard InChI is InChI=1S/C13H15N5O/c14-7-8-2-1-3-10(6-8)15-13(19)12-16-11(17-18-12)9-4-5-9/h1-3,6,9H,4-5,7,14H2,(H,15,19)(H,16,17,18). The van der Waals surface area contributed by atoms with Crippen molar-refractivity contribution in [2.45, 2.75) is 25.3 Å². The van der Waals surface area contributed by atoms with Crippen molar-refractivity contribution in [1.29, 1.82) is 0 Å². The third-order valence-corrected chi connectivity index (χ3v) is 3.09. The first kappa shape index (κ1) is 11.9. The van der Waals surface area contributed by atoms with Gasteiger partial charge < -0.3 is 11.1 Å². The zero-order valence-electron chi connectivity index (χ0n) is 10.4. The van der Waals surface area contributed by atoms with Gasteiger partial charge in [-0.15, -0.1) is 5.10 Å². The molecule has 1 amide bonds. The van der Waals surface area contributed by atoms with Gasteiger partial charge in [-0.3, -0.25) is 9.89 Å². The van der Waals surface area contributed by atoms with Crippen LogP contribution < -0.4 is 11.1 Å². The molecule has 0 atom stereocenters. The van der Waals surface area contributed by atoms with Gasteiger partial charge in [-0.1, -0.05) is 12.1 Å². The number of rotatable bonds is 4. The van der Waals surface area contributed by atoms with Gasteiger partial charge in [0.05, 0.1) is 0 Å². The third-order valence-electron chi connectivity index (χ3n) is 3.09. The Kier molecular flexibility index (Phi) is 3.00. The maximum absolute atomic E-state index is 12.0. The van der Waals surface area contributed by atoms with E-state index in [1.807, 2.05) is 24.3 Å². The lowest BCUT2D eigenvalue weighted by Crippen LogP contribution is -2.14. The number of benzene rings is 1. The number of carbonyl (C=O) groups excluding carboxylic acids is 1. The molecule has 1 fully saturated rings. The molecule has 0 saturated heterocycles. The fourth-order valence-electron chi connectivity index (χ4n) is 1.88. The van der Waals surface area contributed by atoms with Crippen LogP contribution in [0, 0.1) is 0 Å². The summed E-state index contributed by atoms with van der Waals surface area (Å²) in [6, 6.07) is 7.41. The van der Waals surface area contributed by atoms with Crippen molar-refractivity contribution in [3.05, 3.63) is 41.5 Å². The van der Waals surface area contributed by atoms with Crippen molar-refractivity contribution < 1.29 is 4.79 Å². The first-order valence-corrected chi connectivity index (χ1v) is 6.29. The van der Waals surface area contributed by atoms with E-state index in [0.29, 0.717) is 18.2 Å². The van der Waals surface area contributed by atoms with Crippen molar-refractivity contribution in [1.82, 2.24) is 15.2 Å². The molecule has 0 radical (unpaired) electrons. The Balaban J connectivity index is 1.72. The number of nitrogens with one attached hydrogen (secondary N) is 2. The first-order chi connectivity index (χ1) is 9.26. The van der Waals surface area contributed by atoms with Crippen molar-refractivity contribution in [2.75, 3.05) is 5.32 Å². The average molecular weight is 257 g/mol. The lowest BCUT2D eigenvalue weighted by molar-refractivity contribution is 0.101. The highest BCUT2D eigenvalue weighted by molar-refractivity contribution is 6.01. The largest absolute Gasteiger partial charge is 0.326 e. The van der Waals surface area contributed by atoms with Gasteiger partial charge in [0.25, 0.3) is 5.91 Å². The second kappa shape index (κ2) is 4.81. The number of carbonyl (C=O) groups is 1. The average Bonchev–Trinajstić information content (AvgIpc) is 3.16. The fourth-order valence-corrected chi connectivity index (χ4v) is 1.88. The number of hydrogen-bond acceptors (Lipinski definition) is 4. The lowest BCUT2D eigenvalue weighted by atomic mass is 10.2. The van der Waals surface area contributed by atoms with Crippen molar-refractivity contribution in [2.24, 2.45) is 5.73 Å². The maximum atomic E-state index is 12.0. The summed E-state index contributed by atoms with van der Waals surface area (Å²) in [7, 11) is 0. The lowest BCUT2D eigenvalue weighted by Gasteiger charge is -2.04. The minimum absolute atomic E-state index is 0.181. The maximum Gasteiger partial charge on any atom is 0.295 e. The minimum atomic E-state index is -0.308. The molecule has 6 heteroatoms. The summed E-state index contributed by atoms with van der Waals surface area (Å²) in [6.45, 7) is 0.441. The van der Waals surface area contributed by atoms with Gasteiger partial charge in [0, 0.05) is 18.2 Å². The number of aromatic amines is 1. The first-order valence-electron chi connectivity index (χ1n) is 6.29. The predicted molar refractivity (Wildman–Crippen MR) is 70.6 cm³/mol. The highest BCUT2D eigenvalue weighted by Crippen LogP contribution is 2.37. The molecule has 0 unspecified atom stereocenters. The van der Waals surface area contributed by atoms with Crippen LogP contribution in [0.3, 0.4) is 0 Å². The smallest absolute Gasteiger partial charge is 0.295 e. The van der Waals surface area contributed by atoms with E-state index in [1.54, 1.807) is 0 Å². The summed E-state index contributed by atoms with van der Waals surface area (Å²) in [5.41, 5.74) is 7.23. The normalized spacial score (nSPS) is 14.4. The van der Waals surface area contributed by atoms with E-state index in [1.165, 1.54) is 0 Å². The summed E-state index contributed by atoms with van der Waals surface area (Å²) in [6.07, 6.45) is 2.24. The zero-order chi connectivity index (χ0) is 13.2. The summed E-state index contributed by atoms with van der Waals surface area (Å²) in [5.74, 6) is 1.13. The Bertz CT molecular complexity index is 603. The molecule has 1 aliphatic rings. The molecule has 1 saturated carbocycles. The Morgan fingerprint density at radius 1 is 1.47 bits per heavy atom. The molecule has 1 aliphatic carbocycles. The van der Waals surface area contributed by atoms with Gasteiger partial charge in [-0.2, -0.15) is 0 Å². The predicted octanol–water partition coefficient (Wildman–Crippen LogP) is 1.39. The number of aromatic nitrogens is 3. The van der Waals surface area contributed by atoms with Crippen LogP contribution in [0.1, 0.15) is 40.8 Å². The molecular formula is C13H15N5O. The van der Waals surface area contributed by atoms with E-state index in [0.717, 1.165) is 24.2 Å². The van der Waals surface area contributed by atoms with Crippen LogP contribution >= 0.6 is 0 Å². The van der Waals surface area contributed by atoms with E-state index < -0.39 is 0 Å². The Hall–Kier alpha value is -2.21. The molecule has 1 heterocycles. The molecule has 98 valence electrons. The van der Waals surface area contributed by atoms with Gasteiger partial charge in [0.15, 0.2) is 0 Å². The summed E-state index contributed by atoms with van der Waals surface area (Å²) in [4.78, 5) is 16.2. The minimum Gasteiger partial charge on any atom is -0.326 e. The van der Waals surface area contributed by atoms with E-state index in [9.17, 15) is 4.79 Å². The van der Waals surface area contributed by atoms with E-state index >= 15 is 0 Å². The number of nitrogens with two attached hydrogens (primary N) is 1. The zero-order valence-corrected chi connectivity index (χ0v) is 10.4. The molecule has 2 aromatic rings. The molecule has 4 N–H and O–H groups in total. The van der Waals surface area contributed by atoms with Crippen molar-refractivity contribution >= 4 is 11.6 Å². The van der Waals surface area contributed by atoms with Gasteiger partial charge >= 0.3 is 0 Å². The van der Waals surface area contributed by atoms with Crippen LogP contribution in [0.4, 0.5) is 5.69 Å². The SMILES string of the molecule is NCc1cccc(NC(=O)c2n[nH]c(C3CC3)n2)c1. The van der Waals surface area contributed by atoms with Gasteiger partial charge in [0.1, 0.15) is 5.82 Å². The third kappa shape index (κ3) is 2.63. The van der Waals surface area contributed by atoms with Crippen LogP contribution in [-0.4, -0.2) is 21.1 Å². The summed E-state index contributed by atoms with van der Waals surface area (Å²) < 4.78 is 0. The molecule has 0 aliphatic heterocycles. The molecule has 3 rings (SSSR count). The fraction of sp³-hybridized carbons (Fsp3) is 0.308.